The van der Waals surface area contributed by atoms with Gasteiger partial charge in [0.15, 0.2) is 5.13 Å². The van der Waals surface area contributed by atoms with E-state index in [-0.39, 0.29) is 5.69 Å². The highest BCUT2D eigenvalue weighted by Crippen LogP contribution is 2.31. The molecule has 2 aromatic carbocycles. The largest absolute Gasteiger partial charge is 0.331 e. The van der Waals surface area contributed by atoms with Crippen LogP contribution in [-0.4, -0.2) is 9.91 Å². The lowest BCUT2D eigenvalue weighted by molar-refractivity contribution is -0.384. The average molecular weight is 320 g/mol. The number of thiazole rings is 1. The molecular formula is C14H10ClN3O2S. The van der Waals surface area contributed by atoms with Gasteiger partial charge in [-0.05, 0) is 30.7 Å². The summed E-state index contributed by atoms with van der Waals surface area (Å²) in [6, 6.07) is 10.3. The molecule has 106 valence electrons. The van der Waals surface area contributed by atoms with Gasteiger partial charge in [0, 0.05) is 22.8 Å². The van der Waals surface area contributed by atoms with Crippen molar-refractivity contribution < 1.29 is 4.92 Å². The molecule has 0 fully saturated rings. The van der Waals surface area contributed by atoms with Gasteiger partial charge in [0.2, 0.25) is 0 Å². The van der Waals surface area contributed by atoms with Crippen molar-refractivity contribution in [1.29, 1.82) is 0 Å². The molecule has 3 rings (SSSR count). The molecule has 21 heavy (non-hydrogen) atoms. The van der Waals surface area contributed by atoms with E-state index in [0.29, 0.717) is 10.2 Å². The third kappa shape index (κ3) is 2.81. The number of non-ortho nitro benzene ring substituents is 1. The molecule has 0 radical (unpaired) electrons. The molecule has 0 unspecified atom stereocenters. The zero-order chi connectivity index (χ0) is 15.0. The first kappa shape index (κ1) is 13.8. The monoisotopic (exact) mass is 319 g/mol. The first-order valence-electron chi connectivity index (χ1n) is 6.11. The highest BCUT2D eigenvalue weighted by atomic mass is 35.5. The van der Waals surface area contributed by atoms with Gasteiger partial charge in [-0.2, -0.15) is 0 Å². The Morgan fingerprint density at radius 2 is 2.10 bits per heavy atom. The number of halogens is 1. The molecule has 0 aliphatic rings. The van der Waals surface area contributed by atoms with Gasteiger partial charge in [-0.25, -0.2) is 4.98 Å². The third-order valence-corrected chi connectivity index (χ3v) is 4.35. The minimum Gasteiger partial charge on any atom is -0.331 e. The Morgan fingerprint density at radius 1 is 1.29 bits per heavy atom. The zero-order valence-corrected chi connectivity index (χ0v) is 12.5. The number of benzene rings is 2. The van der Waals surface area contributed by atoms with Gasteiger partial charge in [-0.3, -0.25) is 10.1 Å². The van der Waals surface area contributed by atoms with Gasteiger partial charge in [0.25, 0.3) is 5.69 Å². The molecule has 0 aliphatic heterocycles. The maximum atomic E-state index is 10.8. The van der Waals surface area contributed by atoms with E-state index in [1.807, 2.05) is 25.1 Å². The number of rotatable bonds is 3. The average Bonchev–Trinajstić information content (AvgIpc) is 2.84. The van der Waals surface area contributed by atoms with Crippen molar-refractivity contribution in [1.82, 2.24) is 4.98 Å². The molecule has 0 saturated carbocycles. The Bertz CT molecular complexity index is 847. The van der Waals surface area contributed by atoms with Gasteiger partial charge in [0.05, 0.1) is 15.1 Å². The fraction of sp³-hybridized carbons (Fsp3) is 0.0714. The van der Waals surface area contributed by atoms with Crippen molar-refractivity contribution in [2.45, 2.75) is 6.92 Å². The van der Waals surface area contributed by atoms with E-state index in [1.54, 1.807) is 6.07 Å². The molecule has 1 N–H and O–H groups in total. The Hall–Kier alpha value is -2.18. The maximum absolute atomic E-state index is 10.8. The highest BCUT2D eigenvalue weighted by molar-refractivity contribution is 7.22. The molecule has 3 aromatic rings. The van der Waals surface area contributed by atoms with Crippen molar-refractivity contribution >= 4 is 49.7 Å². The van der Waals surface area contributed by atoms with E-state index < -0.39 is 4.92 Å². The van der Waals surface area contributed by atoms with Gasteiger partial charge in [-0.15, -0.1) is 0 Å². The number of nitro groups is 1. The Morgan fingerprint density at radius 3 is 2.81 bits per heavy atom. The predicted octanol–water partition coefficient (Wildman–Crippen LogP) is 4.91. The van der Waals surface area contributed by atoms with Crippen LogP contribution in [0.15, 0.2) is 36.4 Å². The minimum absolute atomic E-state index is 0.0658. The second kappa shape index (κ2) is 5.31. The van der Waals surface area contributed by atoms with E-state index in [2.05, 4.69) is 10.3 Å². The molecule has 0 bridgehead atoms. The Labute approximate surface area is 129 Å². The second-order valence-electron chi connectivity index (χ2n) is 4.52. The Balaban J connectivity index is 1.93. The SMILES string of the molecule is Cc1ccc(Nc2nc3ccc([N+](=O)[O-])cc3s2)cc1Cl. The number of aryl methyl sites for hydroxylation is 1. The van der Waals surface area contributed by atoms with E-state index >= 15 is 0 Å². The molecule has 5 nitrogen and oxygen atoms in total. The molecule has 0 atom stereocenters. The fourth-order valence-corrected chi connectivity index (χ4v) is 2.97. The lowest BCUT2D eigenvalue weighted by Crippen LogP contribution is -1.89. The number of anilines is 2. The number of hydrogen-bond donors (Lipinski definition) is 1. The number of aromatic nitrogens is 1. The molecule has 7 heteroatoms. The molecule has 0 spiro atoms. The van der Waals surface area contributed by atoms with E-state index in [1.165, 1.54) is 23.5 Å². The van der Waals surface area contributed by atoms with Crippen LogP contribution in [0.5, 0.6) is 0 Å². The van der Waals surface area contributed by atoms with E-state index in [9.17, 15) is 10.1 Å². The van der Waals surface area contributed by atoms with Crippen LogP contribution in [0.25, 0.3) is 10.2 Å². The van der Waals surface area contributed by atoms with Crippen LogP contribution >= 0.6 is 22.9 Å². The topological polar surface area (TPSA) is 68.1 Å². The van der Waals surface area contributed by atoms with Crippen molar-refractivity contribution in [3.05, 3.63) is 57.1 Å². The summed E-state index contributed by atoms with van der Waals surface area (Å²) in [6.45, 7) is 1.93. The minimum atomic E-state index is -0.411. The first-order chi connectivity index (χ1) is 10.0. The molecule has 1 heterocycles. The predicted molar refractivity (Wildman–Crippen MR) is 85.7 cm³/mol. The van der Waals surface area contributed by atoms with E-state index in [0.717, 1.165) is 21.5 Å². The molecule has 0 saturated heterocycles. The van der Waals surface area contributed by atoms with E-state index in [4.69, 9.17) is 11.6 Å². The number of nitro benzene ring substituents is 1. The van der Waals surface area contributed by atoms with Crippen LogP contribution in [-0.2, 0) is 0 Å². The number of nitrogens with zero attached hydrogens (tertiary/aromatic N) is 2. The van der Waals surface area contributed by atoms with Crippen LogP contribution in [0.4, 0.5) is 16.5 Å². The number of nitrogens with one attached hydrogen (secondary N) is 1. The van der Waals surface area contributed by atoms with Gasteiger partial charge in [-0.1, -0.05) is 29.0 Å². The summed E-state index contributed by atoms with van der Waals surface area (Å²) in [5, 5.41) is 15.3. The smallest absolute Gasteiger partial charge is 0.270 e. The summed E-state index contributed by atoms with van der Waals surface area (Å²) >= 11 is 7.45. The summed E-state index contributed by atoms with van der Waals surface area (Å²) in [4.78, 5) is 14.8. The fourth-order valence-electron chi connectivity index (χ4n) is 1.87. The summed E-state index contributed by atoms with van der Waals surface area (Å²) in [5.41, 5.74) is 2.63. The molecule has 0 amide bonds. The first-order valence-corrected chi connectivity index (χ1v) is 7.30. The molecule has 1 aromatic heterocycles. The van der Waals surface area contributed by atoms with Crippen LogP contribution in [0.2, 0.25) is 5.02 Å². The molecular weight excluding hydrogens is 310 g/mol. The Kier molecular flexibility index (Phi) is 3.48. The van der Waals surface area contributed by atoms with Crippen molar-refractivity contribution in [3.8, 4) is 0 Å². The van der Waals surface area contributed by atoms with Crippen LogP contribution in [0, 0.1) is 17.0 Å². The quantitative estimate of drug-likeness (QED) is 0.550. The van der Waals surface area contributed by atoms with Crippen molar-refractivity contribution in [2.24, 2.45) is 0 Å². The summed E-state index contributed by atoms with van der Waals surface area (Å²) in [6.07, 6.45) is 0. The molecule has 0 aliphatic carbocycles. The second-order valence-corrected chi connectivity index (χ2v) is 5.95. The van der Waals surface area contributed by atoms with Crippen LogP contribution in [0.3, 0.4) is 0 Å². The van der Waals surface area contributed by atoms with Crippen molar-refractivity contribution in [3.63, 3.8) is 0 Å². The van der Waals surface area contributed by atoms with Crippen LogP contribution < -0.4 is 5.32 Å². The third-order valence-electron chi connectivity index (χ3n) is 3.01. The summed E-state index contributed by atoms with van der Waals surface area (Å²) in [7, 11) is 0. The van der Waals surface area contributed by atoms with Gasteiger partial charge >= 0.3 is 0 Å². The highest BCUT2D eigenvalue weighted by Gasteiger charge is 2.10. The normalized spacial score (nSPS) is 10.8. The van der Waals surface area contributed by atoms with Gasteiger partial charge in [0.1, 0.15) is 0 Å². The van der Waals surface area contributed by atoms with Crippen molar-refractivity contribution in [2.75, 3.05) is 5.32 Å². The lowest BCUT2D eigenvalue weighted by Gasteiger charge is -2.04. The standard InChI is InChI=1S/C14H10ClN3O2S/c1-8-2-3-9(6-11(8)15)16-14-17-12-5-4-10(18(19)20)7-13(12)21-14/h2-7H,1H3,(H,16,17). The lowest BCUT2D eigenvalue weighted by atomic mass is 10.2. The maximum Gasteiger partial charge on any atom is 0.270 e. The van der Waals surface area contributed by atoms with Gasteiger partial charge < -0.3 is 5.32 Å². The zero-order valence-electron chi connectivity index (χ0n) is 11.0. The van der Waals surface area contributed by atoms with Crippen LogP contribution in [0.1, 0.15) is 5.56 Å². The summed E-state index contributed by atoms with van der Waals surface area (Å²) < 4.78 is 0.768. The number of fused-ring (bicyclic) bond motifs is 1. The summed E-state index contributed by atoms with van der Waals surface area (Å²) in [5.74, 6) is 0. The number of hydrogen-bond acceptors (Lipinski definition) is 5.